The first-order valence-corrected chi connectivity index (χ1v) is 8.98. The average Bonchev–Trinajstić information content (AvgIpc) is 3.07. The van der Waals surface area contributed by atoms with Gasteiger partial charge in [-0.25, -0.2) is 13.8 Å². The van der Waals surface area contributed by atoms with Crippen LogP contribution < -0.4 is 4.74 Å². The molecular weight excluding hydrogens is 372 g/mol. The Balaban J connectivity index is 2.16. The molecule has 0 amide bonds. The van der Waals surface area contributed by atoms with Crippen molar-refractivity contribution in [3.05, 3.63) is 69.7 Å². The molecule has 0 aliphatic heterocycles. The van der Waals surface area contributed by atoms with Crippen LogP contribution in [0.25, 0.3) is 11.1 Å². The molecule has 0 aliphatic rings. The molecule has 1 N–H and O–H groups in total. The number of methoxy groups -OCH3 is 1. The summed E-state index contributed by atoms with van der Waals surface area (Å²) in [6, 6.07) is 8.11. The van der Waals surface area contributed by atoms with Gasteiger partial charge in [0.2, 0.25) is 0 Å². The Morgan fingerprint density at radius 1 is 1.26 bits per heavy atom. The highest BCUT2D eigenvalue weighted by Crippen LogP contribution is 2.39. The molecule has 7 heteroatoms. The van der Waals surface area contributed by atoms with Crippen LogP contribution in [-0.4, -0.2) is 23.2 Å². The van der Waals surface area contributed by atoms with Gasteiger partial charge in [0, 0.05) is 22.2 Å². The van der Waals surface area contributed by atoms with Gasteiger partial charge in [0.15, 0.2) is 0 Å². The van der Waals surface area contributed by atoms with Gasteiger partial charge in [0.1, 0.15) is 22.4 Å². The largest absolute Gasteiger partial charge is 0.496 e. The van der Waals surface area contributed by atoms with Crippen molar-refractivity contribution in [2.45, 2.75) is 19.3 Å². The maximum absolute atomic E-state index is 14.2. The number of hydrogen-bond acceptors (Lipinski definition) is 4. The normalized spacial score (nSPS) is 12.0. The number of carboxylic acid groups (broad SMARTS) is 1. The van der Waals surface area contributed by atoms with Crippen molar-refractivity contribution in [3.63, 3.8) is 0 Å². The van der Waals surface area contributed by atoms with Crippen molar-refractivity contribution < 1.29 is 23.4 Å². The third-order valence-corrected chi connectivity index (χ3v) is 5.19. The Labute approximate surface area is 159 Å². The van der Waals surface area contributed by atoms with Crippen molar-refractivity contribution >= 4 is 17.3 Å². The smallest absolute Gasteiger partial charge is 0.304 e. The van der Waals surface area contributed by atoms with Crippen LogP contribution in [0.1, 0.15) is 27.8 Å². The zero-order chi connectivity index (χ0) is 19.6. The molecule has 0 spiro atoms. The highest BCUT2D eigenvalue weighted by Gasteiger charge is 2.25. The van der Waals surface area contributed by atoms with E-state index in [0.29, 0.717) is 21.9 Å². The molecule has 0 radical (unpaired) electrons. The van der Waals surface area contributed by atoms with E-state index in [1.807, 2.05) is 6.92 Å². The molecule has 140 valence electrons. The molecule has 0 saturated carbocycles. The van der Waals surface area contributed by atoms with Crippen LogP contribution in [0, 0.1) is 18.6 Å². The quantitative estimate of drug-likeness (QED) is 0.644. The van der Waals surface area contributed by atoms with Gasteiger partial charge in [-0.2, -0.15) is 0 Å². The molecule has 0 fully saturated rings. The number of nitrogens with zero attached hydrogens (tertiary/aromatic N) is 1. The summed E-state index contributed by atoms with van der Waals surface area (Å²) in [6.07, 6.45) is 1.48. The Morgan fingerprint density at radius 3 is 2.67 bits per heavy atom. The van der Waals surface area contributed by atoms with Crippen molar-refractivity contribution in [1.82, 2.24) is 4.98 Å². The highest BCUT2D eigenvalue weighted by molar-refractivity contribution is 7.11. The van der Waals surface area contributed by atoms with Crippen molar-refractivity contribution in [3.8, 4) is 16.9 Å². The van der Waals surface area contributed by atoms with Crippen molar-refractivity contribution in [2.24, 2.45) is 0 Å². The van der Waals surface area contributed by atoms with Crippen LogP contribution >= 0.6 is 11.3 Å². The minimum atomic E-state index is -0.989. The Hall–Kier alpha value is -2.80. The molecule has 27 heavy (non-hydrogen) atoms. The number of aliphatic carboxylic acids is 1. The lowest BCUT2D eigenvalue weighted by atomic mass is 9.92. The number of carbonyl (C=O) groups is 1. The van der Waals surface area contributed by atoms with Gasteiger partial charge in [-0.3, -0.25) is 4.79 Å². The van der Waals surface area contributed by atoms with Gasteiger partial charge >= 0.3 is 5.97 Å². The van der Waals surface area contributed by atoms with E-state index in [4.69, 9.17) is 4.74 Å². The number of thiazole rings is 1. The lowest BCUT2D eigenvalue weighted by Gasteiger charge is -2.18. The molecule has 1 aromatic heterocycles. The fourth-order valence-corrected chi connectivity index (χ4v) is 3.82. The lowest BCUT2D eigenvalue weighted by Crippen LogP contribution is -2.09. The monoisotopic (exact) mass is 389 g/mol. The summed E-state index contributed by atoms with van der Waals surface area (Å²) in [5, 5.41) is 10.00. The summed E-state index contributed by atoms with van der Waals surface area (Å²) >= 11 is 1.40. The van der Waals surface area contributed by atoms with E-state index in [1.54, 1.807) is 24.4 Å². The maximum Gasteiger partial charge on any atom is 0.304 e. The minimum Gasteiger partial charge on any atom is -0.496 e. The fourth-order valence-electron chi connectivity index (χ4n) is 2.93. The lowest BCUT2D eigenvalue weighted by molar-refractivity contribution is -0.137. The first-order valence-electron chi connectivity index (χ1n) is 8.16. The molecule has 3 rings (SSSR count). The van der Waals surface area contributed by atoms with Crippen LogP contribution in [-0.2, 0) is 4.79 Å². The standard InChI is InChI=1S/C20H17F2NO3S/c1-11-10-23-20(27-11)16(9-19(24)25)15-7-12(3-6-18(15)26-2)14-8-13(21)4-5-17(14)22/h3-8,10,16H,9H2,1-2H3,(H,24,25). The number of benzene rings is 2. The third kappa shape index (κ3) is 4.14. The zero-order valence-electron chi connectivity index (χ0n) is 14.7. The maximum atomic E-state index is 14.2. The number of halogens is 2. The van der Waals surface area contributed by atoms with Gasteiger partial charge in [-0.1, -0.05) is 6.07 Å². The Morgan fingerprint density at radius 2 is 2.04 bits per heavy atom. The number of aromatic nitrogens is 1. The zero-order valence-corrected chi connectivity index (χ0v) is 15.5. The molecular formula is C20H17F2NO3S. The summed E-state index contributed by atoms with van der Waals surface area (Å²) in [6.45, 7) is 1.88. The summed E-state index contributed by atoms with van der Waals surface area (Å²) in [7, 11) is 1.48. The van der Waals surface area contributed by atoms with E-state index in [1.165, 1.54) is 18.4 Å². The second-order valence-corrected chi connectivity index (χ2v) is 7.31. The van der Waals surface area contributed by atoms with Crippen molar-refractivity contribution in [1.29, 1.82) is 0 Å². The second kappa shape index (κ2) is 7.84. The summed E-state index contributed by atoms with van der Waals surface area (Å²) < 4.78 is 33.2. The van der Waals surface area contributed by atoms with E-state index in [-0.39, 0.29) is 12.0 Å². The first kappa shape index (κ1) is 19.0. The SMILES string of the molecule is COc1ccc(-c2cc(F)ccc2F)cc1C(CC(=O)O)c1ncc(C)s1. The number of rotatable bonds is 6. The third-order valence-electron chi connectivity index (χ3n) is 4.16. The topological polar surface area (TPSA) is 59.4 Å². The molecule has 0 aliphatic carbocycles. The van der Waals surface area contributed by atoms with Gasteiger partial charge in [0.25, 0.3) is 0 Å². The van der Waals surface area contributed by atoms with E-state index in [0.717, 1.165) is 23.1 Å². The predicted molar refractivity (Wildman–Crippen MR) is 99.3 cm³/mol. The van der Waals surface area contributed by atoms with Gasteiger partial charge in [-0.15, -0.1) is 11.3 Å². The molecule has 2 aromatic carbocycles. The molecule has 1 atom stereocenters. The molecule has 1 unspecified atom stereocenters. The minimum absolute atomic E-state index is 0.100. The average molecular weight is 389 g/mol. The highest BCUT2D eigenvalue weighted by atomic mass is 32.1. The Kier molecular flexibility index (Phi) is 5.51. The number of ether oxygens (including phenoxy) is 1. The van der Waals surface area contributed by atoms with Crippen LogP contribution in [0.4, 0.5) is 8.78 Å². The molecule has 4 nitrogen and oxygen atoms in total. The van der Waals surface area contributed by atoms with Gasteiger partial charge < -0.3 is 9.84 Å². The van der Waals surface area contributed by atoms with Crippen LogP contribution in [0.3, 0.4) is 0 Å². The molecule has 0 bridgehead atoms. The van der Waals surface area contributed by atoms with Crippen molar-refractivity contribution in [2.75, 3.05) is 7.11 Å². The predicted octanol–water partition coefficient (Wildman–Crippen LogP) is 5.01. The second-order valence-electron chi connectivity index (χ2n) is 6.04. The summed E-state index contributed by atoms with van der Waals surface area (Å²) in [4.78, 5) is 16.7. The van der Waals surface area contributed by atoms with Crippen LogP contribution in [0.5, 0.6) is 5.75 Å². The van der Waals surface area contributed by atoms with E-state index >= 15 is 0 Å². The Bertz CT molecular complexity index is 987. The molecule has 3 aromatic rings. The number of hydrogen-bond donors (Lipinski definition) is 1. The summed E-state index contributed by atoms with van der Waals surface area (Å²) in [5.74, 6) is -2.20. The molecule has 1 heterocycles. The molecule has 0 saturated heterocycles. The summed E-state index contributed by atoms with van der Waals surface area (Å²) in [5.41, 5.74) is 1.10. The number of carboxylic acids is 1. The van der Waals surface area contributed by atoms with Gasteiger partial charge in [0.05, 0.1) is 19.4 Å². The van der Waals surface area contributed by atoms with Crippen LogP contribution in [0.15, 0.2) is 42.6 Å². The van der Waals surface area contributed by atoms with E-state index < -0.39 is 23.5 Å². The fraction of sp³-hybridized carbons (Fsp3) is 0.200. The number of aryl methyl sites for hydroxylation is 1. The van der Waals surface area contributed by atoms with Crippen LogP contribution in [0.2, 0.25) is 0 Å². The van der Waals surface area contributed by atoms with E-state index in [9.17, 15) is 18.7 Å². The first-order chi connectivity index (χ1) is 12.9. The van der Waals surface area contributed by atoms with E-state index in [2.05, 4.69) is 4.98 Å². The van der Waals surface area contributed by atoms with Gasteiger partial charge in [-0.05, 0) is 42.8 Å².